The summed E-state index contributed by atoms with van der Waals surface area (Å²) < 4.78 is 19.5. The minimum atomic E-state index is -0.147. The molecule has 0 aliphatic rings. The Morgan fingerprint density at radius 2 is 1.00 bits per heavy atom. The summed E-state index contributed by atoms with van der Waals surface area (Å²) in [6, 6.07) is 5.77. The first kappa shape index (κ1) is 24.2. The summed E-state index contributed by atoms with van der Waals surface area (Å²) in [5.41, 5.74) is 0.256. The molecule has 0 saturated heterocycles. The van der Waals surface area contributed by atoms with Crippen LogP contribution in [0.25, 0.3) is 0 Å². The Kier molecular flexibility index (Phi) is 10.6. The molecule has 2 N–H and O–H groups in total. The van der Waals surface area contributed by atoms with E-state index in [1.807, 2.05) is 0 Å². The third-order valence-corrected chi connectivity index (χ3v) is 3.33. The smallest absolute Gasteiger partial charge is 0.157 e. The van der Waals surface area contributed by atoms with Gasteiger partial charge < -0.3 is 29.2 Å². The van der Waals surface area contributed by atoms with Gasteiger partial charge in [-0.05, 0) is 0 Å². The van der Waals surface area contributed by atoms with Gasteiger partial charge in [0.05, 0.1) is 39.6 Å². The van der Waals surface area contributed by atoms with Crippen molar-refractivity contribution in [3.63, 3.8) is 0 Å². The molecule has 0 spiro atoms. The Morgan fingerprint density at radius 1 is 0.667 bits per heavy atom. The van der Waals surface area contributed by atoms with Crippen molar-refractivity contribution >= 4 is 12.6 Å². The topological polar surface area (TPSA) is 112 Å². The van der Waals surface area contributed by atoms with E-state index in [1.165, 1.54) is 52.7 Å². The number of methoxy groups -OCH3 is 4. The van der Waals surface area contributed by atoms with Crippen molar-refractivity contribution in [1.82, 2.24) is 0 Å². The van der Waals surface area contributed by atoms with E-state index in [0.717, 1.165) is 0 Å². The number of aromatic hydroxyl groups is 2. The van der Waals surface area contributed by atoms with Gasteiger partial charge in [-0.2, -0.15) is 0 Å². The molecule has 0 heterocycles. The fourth-order valence-corrected chi connectivity index (χ4v) is 1.99. The summed E-state index contributed by atoms with van der Waals surface area (Å²) in [6.45, 7) is 0. The zero-order valence-electron chi connectivity index (χ0n) is 15.1. The minimum absolute atomic E-state index is 0. The number of phenols is 2. The van der Waals surface area contributed by atoms with Crippen LogP contribution in [-0.2, 0) is 20.4 Å². The van der Waals surface area contributed by atoms with E-state index >= 15 is 0 Å². The number of hydrogen-bond acceptors (Lipinski definition) is 8. The molecule has 2 aromatic carbocycles. The first-order chi connectivity index (χ1) is 12.4. The van der Waals surface area contributed by atoms with Crippen molar-refractivity contribution in [3.8, 4) is 34.5 Å². The number of phenolic OH excluding ortho intramolecular Hbond substituents is 2. The van der Waals surface area contributed by atoms with Gasteiger partial charge in [-0.15, -0.1) is 0 Å². The standard InChI is InChI=1S/2C9H10O4.Pd/c2*1-12-6-3-8(11)7(5-10)9(4-6)13-2;/h2*3-5,11H,1-2H3;. The van der Waals surface area contributed by atoms with Crippen LogP contribution in [0.4, 0.5) is 0 Å². The van der Waals surface area contributed by atoms with Gasteiger partial charge in [0.2, 0.25) is 0 Å². The summed E-state index contributed by atoms with van der Waals surface area (Å²) in [5, 5.41) is 18.7. The molecule has 0 bridgehead atoms. The molecule has 2 aromatic rings. The normalized spacial score (nSPS) is 9.04. The van der Waals surface area contributed by atoms with Crippen LogP contribution < -0.4 is 18.9 Å². The maximum Gasteiger partial charge on any atom is 0.157 e. The largest absolute Gasteiger partial charge is 0.507 e. The van der Waals surface area contributed by atoms with Gasteiger partial charge in [0.25, 0.3) is 0 Å². The quantitative estimate of drug-likeness (QED) is 0.489. The van der Waals surface area contributed by atoms with E-state index in [2.05, 4.69) is 0 Å². The van der Waals surface area contributed by atoms with Crippen LogP contribution in [0.5, 0.6) is 34.5 Å². The van der Waals surface area contributed by atoms with E-state index in [1.54, 1.807) is 0 Å². The van der Waals surface area contributed by atoms with Gasteiger partial charge in [0.15, 0.2) is 12.6 Å². The zero-order chi connectivity index (χ0) is 19.7. The molecule has 0 radical (unpaired) electrons. The number of ether oxygens (including phenoxy) is 4. The predicted molar refractivity (Wildman–Crippen MR) is 93.2 cm³/mol. The van der Waals surface area contributed by atoms with Crippen LogP contribution >= 0.6 is 0 Å². The van der Waals surface area contributed by atoms with Gasteiger partial charge in [-0.3, -0.25) is 9.59 Å². The predicted octanol–water partition coefficient (Wildman–Crippen LogP) is 2.44. The molecule has 0 amide bonds. The van der Waals surface area contributed by atoms with E-state index in [0.29, 0.717) is 35.6 Å². The third-order valence-electron chi connectivity index (χ3n) is 3.33. The van der Waals surface area contributed by atoms with Crippen LogP contribution in [0.2, 0.25) is 0 Å². The second kappa shape index (κ2) is 11.8. The Bertz CT molecular complexity index is 711. The van der Waals surface area contributed by atoms with Gasteiger partial charge >= 0.3 is 0 Å². The number of benzene rings is 2. The summed E-state index contributed by atoms with van der Waals surface area (Å²) in [5.74, 6) is 1.19. The molecule has 8 nitrogen and oxygen atoms in total. The Morgan fingerprint density at radius 3 is 1.22 bits per heavy atom. The molecule has 0 saturated carbocycles. The molecule has 0 aliphatic carbocycles. The van der Waals surface area contributed by atoms with Crippen LogP contribution in [0.15, 0.2) is 24.3 Å². The third kappa shape index (κ3) is 6.17. The molecule has 0 atom stereocenters. The minimum Gasteiger partial charge on any atom is -0.507 e. The van der Waals surface area contributed by atoms with Crippen molar-refractivity contribution < 1.29 is 59.2 Å². The van der Waals surface area contributed by atoms with E-state index in [4.69, 9.17) is 18.9 Å². The summed E-state index contributed by atoms with van der Waals surface area (Å²) in [7, 11) is 5.77. The maximum atomic E-state index is 10.5. The zero-order valence-corrected chi connectivity index (χ0v) is 16.7. The van der Waals surface area contributed by atoms with Crippen LogP contribution in [0.1, 0.15) is 20.7 Å². The number of rotatable bonds is 6. The first-order valence-electron chi connectivity index (χ1n) is 7.25. The molecule has 9 heteroatoms. The molecule has 2 rings (SSSR count). The second-order valence-electron chi connectivity index (χ2n) is 4.76. The second-order valence-corrected chi connectivity index (χ2v) is 4.76. The van der Waals surface area contributed by atoms with Gasteiger partial charge in [0, 0.05) is 44.7 Å². The fourth-order valence-electron chi connectivity index (χ4n) is 1.99. The monoisotopic (exact) mass is 470 g/mol. The molecule has 0 unspecified atom stereocenters. The fraction of sp³-hybridized carbons (Fsp3) is 0.222. The number of aldehydes is 2. The number of hydrogen-bond donors (Lipinski definition) is 2. The molecular weight excluding hydrogens is 451 g/mol. The number of carbonyl (C=O) groups is 2. The first-order valence-corrected chi connectivity index (χ1v) is 7.25. The van der Waals surface area contributed by atoms with Crippen molar-refractivity contribution in [1.29, 1.82) is 0 Å². The van der Waals surface area contributed by atoms with Crippen LogP contribution in [-0.4, -0.2) is 51.2 Å². The molecule has 0 fully saturated rings. The molecule has 150 valence electrons. The van der Waals surface area contributed by atoms with Gasteiger partial charge in [-0.1, -0.05) is 0 Å². The van der Waals surface area contributed by atoms with E-state index < -0.39 is 0 Å². The Balaban J connectivity index is 0.000000483. The molecule has 27 heavy (non-hydrogen) atoms. The molecular formula is C18H20O8Pd. The van der Waals surface area contributed by atoms with Crippen molar-refractivity contribution in [2.45, 2.75) is 0 Å². The van der Waals surface area contributed by atoms with E-state index in [-0.39, 0.29) is 43.0 Å². The average Bonchev–Trinajstić information content (AvgIpc) is 2.66. The van der Waals surface area contributed by atoms with Crippen molar-refractivity contribution in [3.05, 3.63) is 35.4 Å². The van der Waals surface area contributed by atoms with Crippen LogP contribution in [0.3, 0.4) is 0 Å². The van der Waals surface area contributed by atoms with Gasteiger partial charge in [0.1, 0.15) is 34.5 Å². The van der Waals surface area contributed by atoms with Crippen molar-refractivity contribution in [2.75, 3.05) is 28.4 Å². The Hall–Kier alpha value is -2.76. The molecule has 0 aromatic heterocycles. The SMILES string of the molecule is COc1cc(O)c(C=O)c(OC)c1.COc1cc(O)c(C=O)c(OC)c1.[Pd]. The van der Waals surface area contributed by atoms with Gasteiger partial charge in [-0.25, -0.2) is 0 Å². The maximum absolute atomic E-state index is 10.5. The average molecular weight is 471 g/mol. The molecule has 0 aliphatic heterocycles. The van der Waals surface area contributed by atoms with Crippen LogP contribution in [0, 0.1) is 0 Å². The van der Waals surface area contributed by atoms with E-state index in [9.17, 15) is 19.8 Å². The summed E-state index contributed by atoms with van der Waals surface area (Å²) in [4.78, 5) is 21.1. The number of carbonyl (C=O) groups excluding carboxylic acids is 2. The summed E-state index contributed by atoms with van der Waals surface area (Å²) >= 11 is 0. The summed E-state index contributed by atoms with van der Waals surface area (Å²) in [6.07, 6.45) is 1.07. The van der Waals surface area contributed by atoms with Crippen molar-refractivity contribution in [2.24, 2.45) is 0 Å². The Labute approximate surface area is 170 Å².